The van der Waals surface area contributed by atoms with Crippen LogP contribution in [0.3, 0.4) is 0 Å². The fraction of sp³-hybridized carbons (Fsp3) is 0.208. The molecular weight excluding hydrogens is 428 g/mol. The van der Waals surface area contributed by atoms with Crippen LogP contribution in [-0.4, -0.2) is 35.6 Å². The van der Waals surface area contributed by atoms with Crippen molar-refractivity contribution in [2.75, 3.05) is 25.6 Å². The highest BCUT2D eigenvalue weighted by Gasteiger charge is 2.21. The van der Waals surface area contributed by atoms with E-state index in [-0.39, 0.29) is 23.8 Å². The molecule has 0 radical (unpaired) electrons. The smallest absolute Gasteiger partial charge is 0.264 e. The zero-order valence-electron chi connectivity index (χ0n) is 18.2. The number of nitrogens with one attached hydrogen (secondary N) is 1. The Morgan fingerprint density at radius 2 is 1.47 bits per heavy atom. The first-order valence-electron chi connectivity index (χ1n) is 9.96. The number of sulfonamides is 1. The van der Waals surface area contributed by atoms with Crippen LogP contribution in [0.4, 0.5) is 5.69 Å². The van der Waals surface area contributed by atoms with E-state index in [9.17, 15) is 13.2 Å². The van der Waals surface area contributed by atoms with E-state index in [1.165, 1.54) is 11.4 Å². The van der Waals surface area contributed by atoms with Crippen molar-refractivity contribution in [3.63, 3.8) is 0 Å². The minimum Gasteiger partial charge on any atom is -0.496 e. The molecule has 0 fully saturated rings. The van der Waals surface area contributed by atoms with Gasteiger partial charge in [0, 0.05) is 7.05 Å². The number of hydrogen-bond donors (Lipinski definition) is 1. The number of nitrogens with zero attached hydrogens (tertiary/aromatic N) is 1. The van der Waals surface area contributed by atoms with Crippen LogP contribution in [0, 0.1) is 0 Å². The zero-order chi connectivity index (χ0) is 23.1. The third-order valence-electron chi connectivity index (χ3n) is 5.06. The Kier molecular flexibility index (Phi) is 7.37. The fourth-order valence-electron chi connectivity index (χ4n) is 3.25. The molecule has 1 amide bonds. The van der Waals surface area contributed by atoms with Gasteiger partial charge in [0.05, 0.1) is 43.3 Å². The molecule has 32 heavy (non-hydrogen) atoms. The summed E-state index contributed by atoms with van der Waals surface area (Å²) in [5, 5.41) is 2.87. The lowest BCUT2D eigenvalue weighted by Gasteiger charge is -2.19. The maximum absolute atomic E-state index is 12.8. The highest BCUT2D eigenvalue weighted by molar-refractivity contribution is 7.92. The number of benzene rings is 3. The summed E-state index contributed by atoms with van der Waals surface area (Å²) in [7, 11) is 0.987. The van der Waals surface area contributed by atoms with E-state index in [1.807, 2.05) is 18.2 Å². The van der Waals surface area contributed by atoms with Crippen molar-refractivity contribution in [3.05, 3.63) is 83.9 Å². The monoisotopic (exact) mass is 454 g/mol. The Labute approximate surface area is 188 Å². The molecule has 0 bridgehead atoms. The summed E-state index contributed by atoms with van der Waals surface area (Å²) in [6, 6.07) is 20.5. The molecule has 0 saturated carbocycles. The number of amides is 1. The number of hydrogen-bond acceptors (Lipinski definition) is 5. The predicted molar refractivity (Wildman–Crippen MR) is 124 cm³/mol. The highest BCUT2D eigenvalue weighted by Crippen LogP contribution is 2.28. The molecule has 0 atom stereocenters. The van der Waals surface area contributed by atoms with E-state index in [1.54, 1.807) is 68.8 Å². The first-order valence-corrected chi connectivity index (χ1v) is 11.4. The van der Waals surface area contributed by atoms with Crippen LogP contribution in [0.5, 0.6) is 11.5 Å². The van der Waals surface area contributed by atoms with Crippen LogP contribution in [0.25, 0.3) is 0 Å². The lowest BCUT2D eigenvalue weighted by atomic mass is 10.1. The molecule has 0 unspecified atom stereocenters. The maximum atomic E-state index is 12.8. The lowest BCUT2D eigenvalue weighted by Crippen LogP contribution is -2.27. The highest BCUT2D eigenvalue weighted by atomic mass is 32.2. The van der Waals surface area contributed by atoms with Crippen LogP contribution in [0.1, 0.15) is 11.1 Å². The molecule has 1 N–H and O–H groups in total. The number of anilines is 1. The Hall–Kier alpha value is -3.52. The number of ether oxygens (including phenoxy) is 2. The van der Waals surface area contributed by atoms with Gasteiger partial charge in [-0.15, -0.1) is 0 Å². The van der Waals surface area contributed by atoms with E-state index >= 15 is 0 Å². The van der Waals surface area contributed by atoms with Crippen LogP contribution in [0.2, 0.25) is 0 Å². The number of carbonyl (C=O) groups is 1. The van der Waals surface area contributed by atoms with Gasteiger partial charge in [0.25, 0.3) is 10.0 Å². The molecule has 0 aliphatic rings. The summed E-state index contributed by atoms with van der Waals surface area (Å²) in [6.07, 6.45) is 0.160. The molecule has 168 valence electrons. The second kappa shape index (κ2) is 10.2. The SMILES string of the molecule is COc1cccc(OC)c1CNC(=O)Cc1ccc(N(C)S(=O)(=O)c2ccccc2)cc1. The van der Waals surface area contributed by atoms with Gasteiger partial charge in [-0.2, -0.15) is 0 Å². The molecule has 0 aromatic heterocycles. The van der Waals surface area contributed by atoms with Crippen LogP contribution >= 0.6 is 0 Å². The van der Waals surface area contributed by atoms with Crippen LogP contribution in [-0.2, 0) is 27.8 Å². The summed E-state index contributed by atoms with van der Waals surface area (Å²) in [4.78, 5) is 12.7. The summed E-state index contributed by atoms with van der Waals surface area (Å²) < 4.78 is 37.4. The molecule has 8 heteroatoms. The molecule has 3 aromatic carbocycles. The Balaban J connectivity index is 1.64. The lowest BCUT2D eigenvalue weighted by molar-refractivity contribution is -0.120. The first kappa shape index (κ1) is 23.1. The first-order chi connectivity index (χ1) is 15.4. The largest absolute Gasteiger partial charge is 0.496 e. The summed E-state index contributed by atoms with van der Waals surface area (Å²) in [5.41, 5.74) is 2.04. The van der Waals surface area contributed by atoms with Gasteiger partial charge in [-0.1, -0.05) is 36.4 Å². The second-order valence-corrected chi connectivity index (χ2v) is 9.02. The third kappa shape index (κ3) is 5.20. The Morgan fingerprint density at radius 3 is 2.03 bits per heavy atom. The van der Waals surface area contributed by atoms with Crippen molar-refractivity contribution < 1.29 is 22.7 Å². The molecule has 0 saturated heterocycles. The maximum Gasteiger partial charge on any atom is 0.264 e. The molecule has 3 rings (SSSR count). The van der Waals surface area contributed by atoms with Gasteiger partial charge in [-0.3, -0.25) is 9.10 Å². The zero-order valence-corrected chi connectivity index (χ0v) is 19.1. The average molecular weight is 455 g/mol. The molecule has 7 nitrogen and oxygen atoms in total. The van der Waals surface area contributed by atoms with Crippen molar-refractivity contribution in [2.45, 2.75) is 17.9 Å². The second-order valence-electron chi connectivity index (χ2n) is 7.05. The third-order valence-corrected chi connectivity index (χ3v) is 6.86. The van der Waals surface area contributed by atoms with E-state index in [0.29, 0.717) is 17.2 Å². The topological polar surface area (TPSA) is 84.9 Å². The molecule has 3 aromatic rings. The van der Waals surface area contributed by atoms with E-state index in [0.717, 1.165) is 11.1 Å². The normalized spacial score (nSPS) is 11.0. The number of carbonyl (C=O) groups excluding carboxylic acids is 1. The molecular formula is C24H26N2O5S. The van der Waals surface area contributed by atoms with Gasteiger partial charge in [0.15, 0.2) is 0 Å². The summed E-state index contributed by atoms with van der Waals surface area (Å²) >= 11 is 0. The minimum absolute atomic E-state index is 0.160. The van der Waals surface area contributed by atoms with Gasteiger partial charge >= 0.3 is 0 Å². The number of rotatable bonds is 9. The quantitative estimate of drug-likeness (QED) is 0.536. The van der Waals surface area contributed by atoms with Crippen molar-refractivity contribution in [1.82, 2.24) is 5.32 Å². The van der Waals surface area contributed by atoms with E-state index in [4.69, 9.17) is 9.47 Å². The van der Waals surface area contributed by atoms with E-state index in [2.05, 4.69) is 5.32 Å². The molecule has 0 aliphatic carbocycles. The van der Waals surface area contributed by atoms with Crippen molar-refractivity contribution in [1.29, 1.82) is 0 Å². The molecule has 0 heterocycles. The minimum atomic E-state index is -3.65. The summed E-state index contributed by atoms with van der Waals surface area (Å²) in [6.45, 7) is 0.266. The van der Waals surface area contributed by atoms with Gasteiger partial charge in [0.1, 0.15) is 11.5 Å². The number of methoxy groups -OCH3 is 2. The Morgan fingerprint density at radius 1 is 0.875 bits per heavy atom. The van der Waals surface area contributed by atoms with Crippen molar-refractivity contribution >= 4 is 21.6 Å². The Bertz CT molecular complexity index is 1140. The van der Waals surface area contributed by atoms with Gasteiger partial charge in [0.2, 0.25) is 5.91 Å². The predicted octanol–water partition coefficient (Wildman–Crippen LogP) is 3.39. The standard InChI is InChI=1S/C24H26N2O5S/c1-26(32(28,29)20-8-5-4-6-9-20)19-14-12-18(13-15-19)16-24(27)25-17-21-22(30-2)10-7-11-23(21)31-3/h4-15H,16-17H2,1-3H3,(H,25,27). The van der Waals surface area contributed by atoms with Crippen molar-refractivity contribution in [3.8, 4) is 11.5 Å². The van der Waals surface area contributed by atoms with Gasteiger partial charge in [-0.05, 0) is 42.0 Å². The van der Waals surface area contributed by atoms with Gasteiger partial charge < -0.3 is 14.8 Å². The van der Waals surface area contributed by atoms with Crippen LogP contribution in [0.15, 0.2) is 77.7 Å². The fourth-order valence-corrected chi connectivity index (χ4v) is 4.47. The van der Waals surface area contributed by atoms with Gasteiger partial charge in [-0.25, -0.2) is 8.42 Å². The average Bonchev–Trinajstić information content (AvgIpc) is 2.83. The van der Waals surface area contributed by atoms with Crippen molar-refractivity contribution in [2.24, 2.45) is 0 Å². The molecule has 0 spiro atoms. The van der Waals surface area contributed by atoms with Crippen LogP contribution < -0.4 is 19.1 Å². The molecule has 0 aliphatic heterocycles. The summed E-state index contributed by atoms with van der Waals surface area (Å²) in [5.74, 6) is 1.10. The van der Waals surface area contributed by atoms with E-state index < -0.39 is 10.0 Å².